The van der Waals surface area contributed by atoms with Gasteiger partial charge in [0.1, 0.15) is 0 Å². The first kappa shape index (κ1) is 30.8. The summed E-state index contributed by atoms with van der Waals surface area (Å²) in [6.07, 6.45) is 0. The van der Waals surface area contributed by atoms with Crippen molar-refractivity contribution in [3.8, 4) is 0 Å². The number of nitrogens with zero attached hydrogens (tertiary/aromatic N) is 6. The van der Waals surface area contributed by atoms with Gasteiger partial charge >= 0.3 is 17.1 Å². The van der Waals surface area contributed by atoms with Crippen molar-refractivity contribution in [3.63, 3.8) is 0 Å². The predicted octanol–water partition coefficient (Wildman–Crippen LogP) is 3.09. The van der Waals surface area contributed by atoms with E-state index in [9.17, 15) is 20.2 Å². The van der Waals surface area contributed by atoms with Crippen LogP contribution in [0.2, 0.25) is 0 Å². The number of hydrogen-bond donors (Lipinski definition) is 0. The number of non-ortho nitro benzene ring substituents is 2. The van der Waals surface area contributed by atoms with Gasteiger partial charge in [0.2, 0.25) is 0 Å². The largest absolute Gasteiger partial charge is 2.00 e. The average molecular weight is 628 g/mol. The zero-order valence-corrected chi connectivity index (χ0v) is 23.7. The summed E-state index contributed by atoms with van der Waals surface area (Å²) >= 11 is 19.9. The van der Waals surface area contributed by atoms with E-state index in [1.165, 1.54) is 24.3 Å². The van der Waals surface area contributed by atoms with Gasteiger partial charge in [-0.25, -0.2) is 0 Å². The van der Waals surface area contributed by atoms with Gasteiger partial charge in [0.05, 0.1) is 9.85 Å². The van der Waals surface area contributed by atoms with Crippen molar-refractivity contribution in [2.24, 2.45) is 0 Å². The molecule has 2 heterocycles. The molecule has 2 aliphatic heterocycles. The summed E-state index contributed by atoms with van der Waals surface area (Å²) in [6.45, 7) is 6.53. The van der Waals surface area contributed by atoms with Crippen LogP contribution in [0.15, 0.2) is 48.5 Å². The maximum Gasteiger partial charge on any atom is 2.00 e. The van der Waals surface area contributed by atoms with Crippen molar-refractivity contribution in [2.45, 2.75) is 0 Å². The molecule has 0 amide bonds. The zero-order chi connectivity index (χ0) is 26.2. The van der Waals surface area contributed by atoms with Gasteiger partial charge < -0.3 is 69.3 Å². The minimum absolute atomic E-state index is 0. The molecule has 37 heavy (non-hydrogen) atoms. The summed E-state index contributed by atoms with van der Waals surface area (Å²) in [5.41, 5.74) is 2.22. The van der Waals surface area contributed by atoms with E-state index in [1.54, 1.807) is 24.3 Å². The third-order valence-corrected chi connectivity index (χ3v) is 6.96. The van der Waals surface area contributed by atoms with Crippen molar-refractivity contribution < 1.29 is 26.9 Å². The third kappa shape index (κ3) is 8.83. The summed E-state index contributed by atoms with van der Waals surface area (Å²) in [5, 5.41) is 21.1. The maximum atomic E-state index is 10.6. The van der Waals surface area contributed by atoms with Crippen LogP contribution >= 0.6 is 24.4 Å². The van der Waals surface area contributed by atoms with Crippen LogP contribution < -0.4 is 9.80 Å². The van der Waals surface area contributed by atoms with Crippen molar-refractivity contribution in [1.29, 1.82) is 0 Å². The molecule has 0 N–H and O–H groups in total. The fourth-order valence-corrected chi connectivity index (χ4v) is 4.60. The van der Waals surface area contributed by atoms with Crippen molar-refractivity contribution in [1.82, 2.24) is 9.80 Å². The Morgan fingerprint density at radius 3 is 1.11 bits per heavy atom. The van der Waals surface area contributed by atoms with Crippen LogP contribution in [0.1, 0.15) is 0 Å². The number of nitro groups is 2. The van der Waals surface area contributed by atoms with E-state index in [4.69, 9.17) is 49.7 Å². The van der Waals surface area contributed by atoms with Crippen LogP contribution in [0.25, 0.3) is 0 Å². The number of hydrogen-bond acceptors (Lipinski definition) is 10. The van der Waals surface area contributed by atoms with Gasteiger partial charge in [-0.2, -0.15) is 0 Å². The van der Waals surface area contributed by atoms with E-state index in [-0.39, 0.29) is 28.4 Å². The van der Waals surface area contributed by atoms with Gasteiger partial charge in [0.15, 0.2) is 0 Å². The van der Waals surface area contributed by atoms with E-state index in [0.717, 1.165) is 63.7 Å². The fraction of sp³-hybridized carbons (Fsp3) is 0.364. The second-order valence-electron chi connectivity index (χ2n) is 8.03. The van der Waals surface area contributed by atoms with Crippen LogP contribution in [0.4, 0.5) is 22.7 Å². The maximum absolute atomic E-state index is 10.6. The number of nitro benzene ring substituents is 2. The second kappa shape index (κ2) is 14.5. The normalized spacial score (nSPS) is 15.1. The number of anilines is 2. The molecule has 0 unspecified atom stereocenters. The molecule has 0 aromatic heterocycles. The zero-order valence-electron chi connectivity index (χ0n) is 19.5. The number of benzene rings is 2. The minimum atomic E-state index is -0.392. The predicted molar refractivity (Wildman–Crippen MR) is 154 cm³/mol. The van der Waals surface area contributed by atoms with Gasteiger partial charge in [0, 0.05) is 88.0 Å². The summed E-state index contributed by atoms with van der Waals surface area (Å²) in [7, 11) is 0. The quantitative estimate of drug-likeness (QED) is 0.164. The van der Waals surface area contributed by atoms with Gasteiger partial charge in [-0.1, -0.05) is 8.64 Å². The van der Waals surface area contributed by atoms with E-state index in [1.807, 2.05) is 9.80 Å². The van der Waals surface area contributed by atoms with E-state index in [2.05, 4.69) is 9.80 Å². The summed E-state index contributed by atoms with van der Waals surface area (Å²) in [6, 6.07) is 13.2. The average Bonchev–Trinajstić information content (AvgIpc) is 2.89. The molecule has 1 radical (unpaired) electrons. The Hall–Kier alpha value is -2.42. The second-order valence-corrected chi connectivity index (χ2v) is 10.1. The Kier molecular flexibility index (Phi) is 12.1. The topological polar surface area (TPSA) is 99.2 Å². The molecule has 2 aromatic carbocycles. The van der Waals surface area contributed by atoms with Crippen molar-refractivity contribution in [3.05, 3.63) is 68.8 Å². The van der Waals surface area contributed by atoms with Crippen LogP contribution in [0, 0.1) is 20.2 Å². The van der Waals surface area contributed by atoms with Crippen LogP contribution in [0.3, 0.4) is 0 Å². The van der Waals surface area contributed by atoms with Crippen LogP contribution in [0.5, 0.6) is 0 Å². The molecule has 0 spiro atoms. The molecular formula is C22H24CuN6O4S4. The molecule has 10 nitrogen and oxygen atoms in total. The fourth-order valence-electron chi connectivity index (χ4n) is 3.86. The van der Waals surface area contributed by atoms with E-state index >= 15 is 0 Å². The Labute approximate surface area is 247 Å². The number of thiocarbonyl (C=S) groups is 2. The van der Waals surface area contributed by atoms with Crippen molar-refractivity contribution in [2.75, 3.05) is 62.2 Å². The molecule has 15 heteroatoms. The Morgan fingerprint density at radius 1 is 0.622 bits per heavy atom. The standard InChI is InChI=1S/2C11H13N3O2S2.Cu/c2*15-14(16)10-3-1-9(2-4-10)12-5-7-13(8-6-12)11(17)18;/h2*1-4H,5-8H2,(H,17,18);/q;;+2/p-2. The molecule has 0 atom stereocenters. The third-order valence-electron chi connectivity index (χ3n) is 5.93. The monoisotopic (exact) mass is 627 g/mol. The molecule has 2 saturated heterocycles. The molecule has 0 saturated carbocycles. The Morgan fingerprint density at radius 2 is 0.892 bits per heavy atom. The number of piperazine rings is 2. The molecular weight excluding hydrogens is 604 g/mol. The number of rotatable bonds is 4. The first-order valence-corrected chi connectivity index (χ1v) is 12.7. The SMILES string of the molecule is O=[N+]([O-])c1ccc(N2CCN(C(=S)[S-])CC2)cc1.O=[N+]([O-])c1ccc(N2CCN(C(=S)[S-])CC2)cc1.[Cu+2]. The smallest absolute Gasteiger partial charge is 0.411 e. The molecule has 2 fully saturated rings. The van der Waals surface area contributed by atoms with Gasteiger partial charge in [-0.05, 0) is 24.3 Å². The summed E-state index contributed by atoms with van der Waals surface area (Å²) < 4.78 is 1.02. The molecule has 0 aliphatic carbocycles. The summed E-state index contributed by atoms with van der Waals surface area (Å²) in [4.78, 5) is 28.7. The first-order chi connectivity index (χ1) is 17.2. The van der Waals surface area contributed by atoms with Crippen molar-refractivity contribution >= 4 is 81.1 Å². The molecule has 2 aliphatic rings. The molecule has 4 rings (SSSR count). The first-order valence-electron chi connectivity index (χ1n) is 11.1. The van der Waals surface area contributed by atoms with Crippen LogP contribution in [-0.2, 0) is 42.3 Å². The van der Waals surface area contributed by atoms with E-state index < -0.39 is 9.85 Å². The van der Waals surface area contributed by atoms with Gasteiger partial charge in [-0.15, -0.1) is 0 Å². The van der Waals surface area contributed by atoms with E-state index in [0.29, 0.717) is 8.64 Å². The van der Waals surface area contributed by atoms with Crippen LogP contribution in [-0.4, -0.2) is 80.6 Å². The molecule has 0 bridgehead atoms. The molecule has 2 aromatic rings. The molecule has 201 valence electrons. The van der Waals surface area contributed by atoms with Gasteiger partial charge in [0.25, 0.3) is 11.4 Å². The summed E-state index contributed by atoms with van der Waals surface area (Å²) in [5.74, 6) is 0. The Bertz CT molecular complexity index is 1010. The van der Waals surface area contributed by atoms with Gasteiger partial charge in [-0.3, -0.25) is 20.2 Å². The minimum Gasteiger partial charge on any atom is -0.411 e. The Balaban J connectivity index is 0.000000253.